The second kappa shape index (κ2) is 9.23. The van der Waals surface area contributed by atoms with E-state index in [1.165, 1.54) is 5.69 Å². The predicted octanol–water partition coefficient (Wildman–Crippen LogP) is 3.84. The van der Waals surface area contributed by atoms with Gasteiger partial charge in [0.1, 0.15) is 0 Å². The van der Waals surface area contributed by atoms with Crippen molar-refractivity contribution in [3.05, 3.63) is 24.3 Å². The largest absolute Gasteiger partial charge is 0.372 e. The fraction of sp³-hybridized carbons (Fsp3) is 0.562. The van der Waals surface area contributed by atoms with E-state index in [2.05, 4.69) is 36.3 Å². The summed E-state index contributed by atoms with van der Waals surface area (Å²) in [4.78, 5) is 13.9. The predicted molar refractivity (Wildman–Crippen MR) is 86.5 cm³/mol. The quantitative estimate of drug-likeness (QED) is 0.709. The number of hydrogen-bond donors (Lipinski definition) is 2. The van der Waals surface area contributed by atoms with Gasteiger partial charge in [0, 0.05) is 31.0 Å². The molecule has 0 aliphatic heterocycles. The lowest BCUT2D eigenvalue weighted by Gasteiger charge is -2.21. The van der Waals surface area contributed by atoms with Crippen LogP contribution in [0.5, 0.6) is 0 Å². The van der Waals surface area contributed by atoms with Crippen LogP contribution in [0.4, 0.5) is 16.2 Å². The van der Waals surface area contributed by atoms with Gasteiger partial charge in [-0.05, 0) is 44.5 Å². The first kappa shape index (κ1) is 16.3. The monoisotopic (exact) mass is 277 g/mol. The number of benzene rings is 1. The molecular formula is C16H27N3O. The standard InChI is InChI=1S/C16H27N3O/c1-4-7-8-13-17-16(20)18-14-9-11-15(12-10-14)19(5-2)6-3/h9-12H,4-8,13H2,1-3H3,(H2,17,18,20). The molecule has 0 aliphatic carbocycles. The normalized spacial score (nSPS) is 10.2. The van der Waals surface area contributed by atoms with Crippen LogP contribution < -0.4 is 15.5 Å². The van der Waals surface area contributed by atoms with Gasteiger partial charge in [-0.3, -0.25) is 0 Å². The zero-order valence-electron chi connectivity index (χ0n) is 12.9. The summed E-state index contributed by atoms with van der Waals surface area (Å²) in [6.45, 7) is 9.13. The van der Waals surface area contributed by atoms with Crippen molar-refractivity contribution in [2.24, 2.45) is 0 Å². The minimum Gasteiger partial charge on any atom is -0.372 e. The molecule has 0 radical (unpaired) electrons. The molecule has 0 spiro atoms. The minimum absolute atomic E-state index is 0.128. The summed E-state index contributed by atoms with van der Waals surface area (Å²) in [5, 5.41) is 5.72. The average molecular weight is 277 g/mol. The number of amides is 2. The Labute approximate surface area is 122 Å². The summed E-state index contributed by atoms with van der Waals surface area (Å²) in [6.07, 6.45) is 3.35. The molecule has 2 N–H and O–H groups in total. The minimum atomic E-state index is -0.128. The molecule has 20 heavy (non-hydrogen) atoms. The lowest BCUT2D eigenvalue weighted by Crippen LogP contribution is -2.29. The maximum atomic E-state index is 11.7. The molecule has 2 amide bonds. The van der Waals surface area contributed by atoms with Crippen LogP contribution >= 0.6 is 0 Å². The first-order valence-electron chi connectivity index (χ1n) is 7.61. The van der Waals surface area contributed by atoms with Crippen molar-refractivity contribution >= 4 is 17.4 Å². The van der Waals surface area contributed by atoms with Crippen molar-refractivity contribution in [1.82, 2.24) is 5.32 Å². The SMILES string of the molecule is CCCCCNC(=O)Nc1ccc(N(CC)CC)cc1. The highest BCUT2D eigenvalue weighted by atomic mass is 16.2. The molecule has 4 heteroatoms. The summed E-state index contributed by atoms with van der Waals surface area (Å²) < 4.78 is 0. The fourth-order valence-electron chi connectivity index (χ4n) is 2.10. The summed E-state index contributed by atoms with van der Waals surface area (Å²) in [5.41, 5.74) is 2.01. The zero-order chi connectivity index (χ0) is 14.8. The maximum absolute atomic E-state index is 11.7. The molecule has 0 bridgehead atoms. The lowest BCUT2D eigenvalue weighted by molar-refractivity contribution is 0.252. The highest BCUT2D eigenvalue weighted by Crippen LogP contribution is 2.17. The van der Waals surface area contributed by atoms with E-state index < -0.39 is 0 Å². The summed E-state index contributed by atoms with van der Waals surface area (Å²) in [7, 11) is 0. The van der Waals surface area contributed by atoms with Crippen LogP contribution in [0, 0.1) is 0 Å². The molecule has 0 heterocycles. The number of anilines is 2. The molecule has 0 atom stereocenters. The number of carbonyl (C=O) groups excluding carboxylic acids is 1. The van der Waals surface area contributed by atoms with Crippen molar-refractivity contribution in [3.63, 3.8) is 0 Å². The molecule has 112 valence electrons. The van der Waals surface area contributed by atoms with Crippen LogP contribution in [0.2, 0.25) is 0 Å². The van der Waals surface area contributed by atoms with E-state index in [9.17, 15) is 4.79 Å². The van der Waals surface area contributed by atoms with Crippen LogP contribution in [-0.4, -0.2) is 25.7 Å². The number of nitrogens with one attached hydrogen (secondary N) is 2. The second-order valence-corrected chi connectivity index (χ2v) is 4.81. The third kappa shape index (κ3) is 5.51. The molecule has 1 aromatic carbocycles. The summed E-state index contributed by atoms with van der Waals surface area (Å²) >= 11 is 0. The second-order valence-electron chi connectivity index (χ2n) is 4.81. The van der Waals surface area contributed by atoms with E-state index in [1.807, 2.05) is 24.3 Å². The van der Waals surface area contributed by atoms with E-state index in [-0.39, 0.29) is 6.03 Å². The van der Waals surface area contributed by atoms with E-state index in [0.717, 1.165) is 44.6 Å². The van der Waals surface area contributed by atoms with Crippen molar-refractivity contribution in [1.29, 1.82) is 0 Å². The van der Waals surface area contributed by atoms with Gasteiger partial charge in [-0.1, -0.05) is 19.8 Å². The van der Waals surface area contributed by atoms with Gasteiger partial charge in [-0.25, -0.2) is 4.79 Å². The van der Waals surface area contributed by atoms with Crippen LogP contribution in [0.3, 0.4) is 0 Å². The van der Waals surface area contributed by atoms with Crippen LogP contribution in [0.1, 0.15) is 40.0 Å². The Morgan fingerprint density at radius 2 is 1.70 bits per heavy atom. The molecule has 0 saturated carbocycles. The Bertz CT molecular complexity index is 385. The van der Waals surface area contributed by atoms with Gasteiger partial charge in [0.15, 0.2) is 0 Å². The van der Waals surface area contributed by atoms with Crippen LogP contribution in [-0.2, 0) is 0 Å². The van der Waals surface area contributed by atoms with Gasteiger partial charge in [0.25, 0.3) is 0 Å². The molecule has 4 nitrogen and oxygen atoms in total. The maximum Gasteiger partial charge on any atom is 0.319 e. The van der Waals surface area contributed by atoms with E-state index >= 15 is 0 Å². The Kier molecular flexibility index (Phi) is 7.55. The average Bonchev–Trinajstić information content (AvgIpc) is 2.47. The zero-order valence-corrected chi connectivity index (χ0v) is 12.9. The molecule has 0 unspecified atom stereocenters. The highest BCUT2D eigenvalue weighted by molar-refractivity contribution is 5.89. The van der Waals surface area contributed by atoms with Crippen molar-refractivity contribution in [2.45, 2.75) is 40.0 Å². The smallest absolute Gasteiger partial charge is 0.319 e. The van der Waals surface area contributed by atoms with E-state index in [4.69, 9.17) is 0 Å². The molecule has 0 aromatic heterocycles. The molecule has 0 saturated heterocycles. The Morgan fingerprint density at radius 3 is 2.25 bits per heavy atom. The number of hydrogen-bond acceptors (Lipinski definition) is 2. The Balaban J connectivity index is 2.42. The molecule has 0 aliphatic rings. The van der Waals surface area contributed by atoms with Crippen molar-refractivity contribution in [3.8, 4) is 0 Å². The first-order valence-corrected chi connectivity index (χ1v) is 7.61. The van der Waals surface area contributed by atoms with Gasteiger partial charge < -0.3 is 15.5 Å². The van der Waals surface area contributed by atoms with Gasteiger partial charge in [0.2, 0.25) is 0 Å². The van der Waals surface area contributed by atoms with Gasteiger partial charge in [-0.2, -0.15) is 0 Å². The van der Waals surface area contributed by atoms with Crippen LogP contribution in [0.15, 0.2) is 24.3 Å². The number of nitrogens with zero attached hydrogens (tertiary/aromatic N) is 1. The van der Waals surface area contributed by atoms with Crippen molar-refractivity contribution in [2.75, 3.05) is 29.9 Å². The van der Waals surface area contributed by atoms with Gasteiger partial charge in [0.05, 0.1) is 0 Å². The number of unbranched alkanes of at least 4 members (excludes halogenated alkanes) is 2. The first-order chi connectivity index (χ1) is 9.71. The summed E-state index contributed by atoms with van der Waals surface area (Å²) in [6, 6.07) is 7.84. The van der Waals surface area contributed by atoms with Gasteiger partial charge in [-0.15, -0.1) is 0 Å². The number of urea groups is 1. The van der Waals surface area contributed by atoms with E-state index in [1.54, 1.807) is 0 Å². The third-order valence-electron chi connectivity index (χ3n) is 3.32. The number of rotatable bonds is 8. The molecule has 1 rings (SSSR count). The highest BCUT2D eigenvalue weighted by Gasteiger charge is 2.03. The van der Waals surface area contributed by atoms with E-state index in [0.29, 0.717) is 0 Å². The number of carbonyl (C=O) groups is 1. The molecule has 1 aromatic rings. The Morgan fingerprint density at radius 1 is 1.05 bits per heavy atom. The third-order valence-corrected chi connectivity index (χ3v) is 3.32. The Hall–Kier alpha value is -1.71. The van der Waals surface area contributed by atoms with Crippen LogP contribution in [0.25, 0.3) is 0 Å². The topological polar surface area (TPSA) is 44.4 Å². The molecular weight excluding hydrogens is 250 g/mol. The van der Waals surface area contributed by atoms with Gasteiger partial charge >= 0.3 is 6.03 Å². The summed E-state index contributed by atoms with van der Waals surface area (Å²) in [5.74, 6) is 0. The van der Waals surface area contributed by atoms with Crippen molar-refractivity contribution < 1.29 is 4.79 Å². The molecule has 0 fully saturated rings. The lowest BCUT2D eigenvalue weighted by atomic mass is 10.2. The fourth-order valence-corrected chi connectivity index (χ4v) is 2.10.